The minimum Gasteiger partial charge on any atom is -0.867 e. The van der Waals surface area contributed by atoms with Gasteiger partial charge in [-0.2, -0.15) is 0 Å². The third-order valence-corrected chi connectivity index (χ3v) is 4.12. The predicted octanol–water partition coefficient (Wildman–Crippen LogP) is 3.16. The van der Waals surface area contributed by atoms with Crippen LogP contribution in [0, 0.1) is 10.1 Å². The Labute approximate surface area is 148 Å². The first kappa shape index (κ1) is 15.7. The van der Waals surface area contributed by atoms with Gasteiger partial charge in [0.25, 0.3) is 5.69 Å². The molecule has 0 saturated heterocycles. The molecule has 0 unspecified atom stereocenters. The van der Waals surface area contributed by atoms with Crippen molar-refractivity contribution in [1.29, 1.82) is 0 Å². The number of para-hydroxylation sites is 1. The van der Waals surface area contributed by atoms with Gasteiger partial charge < -0.3 is 5.11 Å². The Morgan fingerprint density at radius 3 is 2.19 bits per heavy atom. The van der Waals surface area contributed by atoms with Crippen LogP contribution in [0.1, 0.15) is 0 Å². The predicted molar refractivity (Wildman–Crippen MR) is 94.8 cm³/mol. The lowest BCUT2D eigenvalue weighted by molar-refractivity contribution is -0.648. The van der Waals surface area contributed by atoms with Gasteiger partial charge in [-0.3, -0.25) is 10.1 Å². The average molecular weight is 343 g/mol. The van der Waals surface area contributed by atoms with Crippen LogP contribution in [0.2, 0.25) is 0 Å². The van der Waals surface area contributed by atoms with Crippen LogP contribution in [0.15, 0.2) is 78.9 Å². The van der Waals surface area contributed by atoms with Crippen molar-refractivity contribution in [3.05, 3.63) is 89.0 Å². The molecule has 0 amide bonds. The third-order valence-electron chi connectivity index (χ3n) is 4.12. The van der Waals surface area contributed by atoms with Gasteiger partial charge in [0.15, 0.2) is 0 Å². The zero-order chi connectivity index (χ0) is 18.1. The molecule has 1 heterocycles. The van der Waals surface area contributed by atoms with E-state index in [0.29, 0.717) is 16.8 Å². The SMILES string of the molecule is O=[N+]([O-])c1ccc2n[n+](-c3ccccc3)c(-c3ccccc3)c([O-])c2c1. The van der Waals surface area contributed by atoms with E-state index in [-0.39, 0.29) is 16.8 Å². The molecular formula is C20H13N3O3. The minimum absolute atomic E-state index is 0.132. The third kappa shape index (κ3) is 2.63. The quantitative estimate of drug-likeness (QED) is 0.325. The zero-order valence-corrected chi connectivity index (χ0v) is 13.6. The maximum atomic E-state index is 13.2. The number of nitro benzene ring substituents is 1. The van der Waals surface area contributed by atoms with Crippen LogP contribution in [-0.2, 0) is 0 Å². The molecule has 0 N–H and O–H groups in total. The fraction of sp³-hybridized carbons (Fsp3) is 0. The van der Waals surface area contributed by atoms with E-state index in [0.717, 1.165) is 5.69 Å². The number of benzene rings is 3. The summed E-state index contributed by atoms with van der Waals surface area (Å²) in [5, 5.41) is 29.1. The van der Waals surface area contributed by atoms with Crippen molar-refractivity contribution in [3.63, 3.8) is 0 Å². The van der Waals surface area contributed by atoms with Crippen molar-refractivity contribution in [2.75, 3.05) is 0 Å². The average Bonchev–Trinajstić information content (AvgIpc) is 2.69. The van der Waals surface area contributed by atoms with Gasteiger partial charge in [0.2, 0.25) is 11.4 Å². The van der Waals surface area contributed by atoms with Gasteiger partial charge in [0, 0.05) is 40.3 Å². The first-order valence-electron chi connectivity index (χ1n) is 7.97. The van der Waals surface area contributed by atoms with E-state index >= 15 is 0 Å². The largest absolute Gasteiger partial charge is 0.867 e. The van der Waals surface area contributed by atoms with E-state index in [1.165, 1.54) is 18.2 Å². The van der Waals surface area contributed by atoms with Gasteiger partial charge >= 0.3 is 0 Å². The molecule has 0 bridgehead atoms. The maximum Gasteiger partial charge on any atom is 0.270 e. The Morgan fingerprint density at radius 1 is 0.885 bits per heavy atom. The normalized spacial score (nSPS) is 10.8. The fourth-order valence-corrected chi connectivity index (χ4v) is 2.89. The molecule has 0 radical (unpaired) electrons. The second-order valence-corrected chi connectivity index (χ2v) is 5.75. The lowest BCUT2D eigenvalue weighted by Crippen LogP contribution is -2.38. The van der Waals surface area contributed by atoms with Gasteiger partial charge in [-0.15, -0.1) is 0 Å². The van der Waals surface area contributed by atoms with Crippen LogP contribution in [0.3, 0.4) is 0 Å². The standard InChI is InChI=1S/C20H13N3O3/c24-20-17-13-16(23(25)26)11-12-18(17)21-22(15-9-5-2-6-10-15)19(20)14-7-3-1-4-8-14/h1-13H. The number of non-ortho nitro benzene ring substituents is 1. The summed E-state index contributed by atoms with van der Waals surface area (Å²) in [5.74, 6) is -0.297. The van der Waals surface area contributed by atoms with Gasteiger partial charge in [-0.05, 0) is 28.6 Å². The second kappa shape index (κ2) is 6.25. The summed E-state index contributed by atoms with van der Waals surface area (Å²) in [6.07, 6.45) is 0. The number of nitro groups is 1. The highest BCUT2D eigenvalue weighted by Gasteiger charge is 2.22. The van der Waals surface area contributed by atoms with Crippen molar-refractivity contribution in [2.24, 2.45) is 0 Å². The molecular weight excluding hydrogens is 330 g/mol. The number of hydrogen-bond acceptors (Lipinski definition) is 4. The number of nitrogens with zero attached hydrogens (tertiary/aromatic N) is 3. The summed E-state index contributed by atoms with van der Waals surface area (Å²) >= 11 is 0. The summed E-state index contributed by atoms with van der Waals surface area (Å²) in [6.45, 7) is 0. The molecule has 0 spiro atoms. The van der Waals surface area contributed by atoms with Crippen molar-refractivity contribution in [1.82, 2.24) is 5.10 Å². The van der Waals surface area contributed by atoms with Crippen molar-refractivity contribution in [3.8, 4) is 22.7 Å². The molecule has 126 valence electrons. The van der Waals surface area contributed by atoms with Crippen LogP contribution in [0.5, 0.6) is 5.75 Å². The van der Waals surface area contributed by atoms with Crippen LogP contribution >= 0.6 is 0 Å². The van der Waals surface area contributed by atoms with Crippen LogP contribution in [-0.4, -0.2) is 10.0 Å². The monoisotopic (exact) mass is 343 g/mol. The summed E-state index contributed by atoms with van der Waals surface area (Å²) in [6, 6.07) is 22.6. The van der Waals surface area contributed by atoms with Crippen LogP contribution in [0.25, 0.3) is 27.8 Å². The summed E-state index contributed by atoms with van der Waals surface area (Å²) in [5.41, 5.74) is 2.08. The van der Waals surface area contributed by atoms with Crippen molar-refractivity contribution < 1.29 is 14.7 Å². The van der Waals surface area contributed by atoms with E-state index in [4.69, 9.17) is 0 Å². The Balaban J connectivity index is 2.09. The van der Waals surface area contributed by atoms with Gasteiger partial charge in [0.05, 0.1) is 4.92 Å². The molecule has 0 fully saturated rings. The Bertz CT molecular complexity index is 1110. The number of aromatic nitrogens is 2. The summed E-state index contributed by atoms with van der Waals surface area (Å²) in [4.78, 5) is 10.6. The minimum atomic E-state index is -0.515. The molecule has 6 heteroatoms. The molecule has 0 saturated carbocycles. The molecule has 0 atom stereocenters. The van der Waals surface area contributed by atoms with Gasteiger partial charge in [-0.1, -0.05) is 36.4 Å². The lowest BCUT2D eigenvalue weighted by Gasteiger charge is -2.14. The fourth-order valence-electron chi connectivity index (χ4n) is 2.89. The van der Waals surface area contributed by atoms with Crippen LogP contribution < -0.4 is 9.79 Å². The molecule has 4 rings (SSSR count). The molecule has 6 nitrogen and oxygen atoms in total. The first-order valence-corrected chi connectivity index (χ1v) is 7.97. The molecule has 3 aromatic carbocycles. The van der Waals surface area contributed by atoms with Crippen molar-refractivity contribution >= 4 is 16.6 Å². The molecule has 26 heavy (non-hydrogen) atoms. The summed E-state index contributed by atoms with van der Waals surface area (Å²) < 4.78 is 1.59. The lowest BCUT2D eigenvalue weighted by atomic mass is 10.1. The number of hydrogen-bond donors (Lipinski definition) is 0. The van der Waals surface area contributed by atoms with Crippen molar-refractivity contribution in [2.45, 2.75) is 0 Å². The van der Waals surface area contributed by atoms with E-state index in [2.05, 4.69) is 5.10 Å². The summed E-state index contributed by atoms with van der Waals surface area (Å²) in [7, 11) is 0. The van der Waals surface area contributed by atoms with E-state index in [1.54, 1.807) is 4.68 Å². The zero-order valence-electron chi connectivity index (χ0n) is 13.6. The van der Waals surface area contributed by atoms with E-state index < -0.39 is 4.92 Å². The first-order chi connectivity index (χ1) is 12.6. The molecule has 0 aliphatic heterocycles. The van der Waals surface area contributed by atoms with E-state index in [1.807, 2.05) is 60.7 Å². The highest BCUT2D eigenvalue weighted by atomic mass is 16.6. The topological polar surface area (TPSA) is 83.0 Å². The number of rotatable bonds is 3. The number of fused-ring (bicyclic) bond motifs is 1. The highest BCUT2D eigenvalue weighted by molar-refractivity contribution is 5.90. The van der Waals surface area contributed by atoms with Gasteiger partial charge in [-0.25, -0.2) is 0 Å². The van der Waals surface area contributed by atoms with E-state index in [9.17, 15) is 15.2 Å². The Hall–Kier alpha value is -3.80. The van der Waals surface area contributed by atoms with Gasteiger partial charge in [0.1, 0.15) is 5.52 Å². The molecule has 1 aromatic heterocycles. The Morgan fingerprint density at radius 2 is 1.54 bits per heavy atom. The highest BCUT2D eigenvalue weighted by Crippen LogP contribution is 2.32. The smallest absolute Gasteiger partial charge is 0.270 e. The molecule has 4 aromatic rings. The van der Waals surface area contributed by atoms with Crippen LogP contribution in [0.4, 0.5) is 5.69 Å². The Kier molecular flexibility index (Phi) is 3.78. The second-order valence-electron chi connectivity index (χ2n) is 5.75. The maximum absolute atomic E-state index is 13.2. The molecule has 0 aliphatic carbocycles. The molecule has 0 aliphatic rings.